The maximum atomic E-state index is 15.3. The van der Waals surface area contributed by atoms with Crippen LogP contribution in [0.15, 0.2) is 29.7 Å². The minimum Gasteiger partial charge on any atom is -0.459 e. The molecule has 2 saturated heterocycles. The Morgan fingerprint density at radius 3 is 2.59 bits per heavy atom. The summed E-state index contributed by atoms with van der Waals surface area (Å²) in [5, 5.41) is 2.80. The van der Waals surface area contributed by atoms with Crippen LogP contribution in [-0.4, -0.2) is 73.3 Å². The van der Waals surface area contributed by atoms with Gasteiger partial charge >= 0.3 is 5.97 Å². The van der Waals surface area contributed by atoms with Crippen LogP contribution in [0.3, 0.4) is 0 Å². The Morgan fingerprint density at radius 2 is 1.91 bits per heavy atom. The number of rotatable bonds is 4. The van der Waals surface area contributed by atoms with Crippen molar-refractivity contribution in [2.75, 3.05) is 42.5 Å². The summed E-state index contributed by atoms with van der Waals surface area (Å²) in [6.07, 6.45) is 0.680. The Balaban J connectivity index is 1.47. The molecule has 3 aliphatic heterocycles. The van der Waals surface area contributed by atoms with Crippen LogP contribution >= 0.6 is 0 Å². The largest absolute Gasteiger partial charge is 0.459 e. The van der Waals surface area contributed by atoms with Gasteiger partial charge in [-0.15, -0.1) is 0 Å². The second-order valence-corrected chi connectivity index (χ2v) is 9.97. The highest BCUT2D eigenvalue weighted by molar-refractivity contribution is 5.76. The molecule has 0 aromatic heterocycles. The molecule has 0 radical (unpaired) electrons. The van der Waals surface area contributed by atoms with Gasteiger partial charge in [0.15, 0.2) is 11.8 Å². The smallest absolute Gasteiger partial charge is 0.320 e. The lowest BCUT2D eigenvalue weighted by atomic mass is 10.0. The number of likely N-dealkylation sites (tertiary alicyclic amines) is 1. The van der Waals surface area contributed by atoms with E-state index in [4.69, 9.17) is 4.74 Å². The van der Waals surface area contributed by atoms with Crippen molar-refractivity contribution >= 4 is 29.2 Å². The van der Waals surface area contributed by atoms with E-state index in [1.54, 1.807) is 0 Å². The van der Waals surface area contributed by atoms with E-state index < -0.39 is 11.8 Å². The van der Waals surface area contributed by atoms with Gasteiger partial charge in [-0.25, -0.2) is 14.0 Å². The van der Waals surface area contributed by atoms with Gasteiger partial charge in [-0.3, -0.25) is 9.69 Å². The molecule has 34 heavy (non-hydrogen) atoms. The topological polar surface area (TPSA) is 82.2 Å². The zero-order valence-corrected chi connectivity index (χ0v) is 19.9. The van der Waals surface area contributed by atoms with Gasteiger partial charge in [0.05, 0.1) is 12.6 Å². The molecule has 0 aliphatic carbocycles. The van der Waals surface area contributed by atoms with Crippen LogP contribution in [-0.2, 0) is 25.5 Å². The fourth-order valence-corrected chi connectivity index (χ4v) is 5.05. The summed E-state index contributed by atoms with van der Waals surface area (Å²) in [5.74, 6) is 3.56. The summed E-state index contributed by atoms with van der Waals surface area (Å²) in [4.78, 5) is 40.4. The summed E-state index contributed by atoms with van der Waals surface area (Å²) in [6.45, 7) is 7.50. The van der Waals surface area contributed by atoms with E-state index in [1.165, 1.54) is 0 Å². The molecule has 0 saturated carbocycles. The monoisotopic (exact) mass is 470 g/mol. The lowest BCUT2D eigenvalue weighted by molar-refractivity contribution is -0.156. The van der Waals surface area contributed by atoms with Crippen molar-refractivity contribution in [1.29, 1.82) is 0 Å². The number of nitrogens with one attached hydrogen (secondary N) is 1. The minimum absolute atomic E-state index is 0.0884. The van der Waals surface area contributed by atoms with Crippen molar-refractivity contribution < 1.29 is 23.5 Å². The highest BCUT2D eigenvalue weighted by Crippen LogP contribution is 2.40. The van der Waals surface area contributed by atoms with Gasteiger partial charge < -0.3 is 19.9 Å². The third kappa shape index (κ3) is 5.02. The van der Waals surface area contributed by atoms with E-state index in [2.05, 4.69) is 10.2 Å². The SMILES string of the molecule is CC(C)(C)OC(=O)CN1CC[C@@H](N2CCc3c(N4CCC(=C=O)NC4=C=O)cccc32)[C@@H](F)C1. The summed E-state index contributed by atoms with van der Waals surface area (Å²) >= 11 is 0. The fraction of sp³-hybridized carbons (Fsp3) is 0.560. The number of esters is 1. The number of carbonyl (C=O) groups excluding carboxylic acids is 3. The van der Waals surface area contributed by atoms with Gasteiger partial charge in [0.1, 0.15) is 23.4 Å². The Bertz CT molecular complexity index is 1060. The maximum Gasteiger partial charge on any atom is 0.320 e. The maximum absolute atomic E-state index is 15.3. The number of anilines is 2. The second kappa shape index (κ2) is 9.63. The Morgan fingerprint density at radius 1 is 1.15 bits per heavy atom. The van der Waals surface area contributed by atoms with Crippen LogP contribution in [0.1, 0.15) is 39.2 Å². The number of benzene rings is 1. The molecule has 0 amide bonds. The fourth-order valence-electron chi connectivity index (χ4n) is 5.05. The first-order valence-corrected chi connectivity index (χ1v) is 11.7. The van der Waals surface area contributed by atoms with Gasteiger partial charge in [0.25, 0.3) is 0 Å². The predicted molar refractivity (Wildman–Crippen MR) is 127 cm³/mol. The lowest BCUT2D eigenvalue weighted by Crippen LogP contribution is -2.53. The molecule has 3 heterocycles. The first-order valence-electron chi connectivity index (χ1n) is 11.7. The molecule has 1 aromatic rings. The summed E-state index contributed by atoms with van der Waals surface area (Å²) in [6, 6.07) is 5.55. The minimum atomic E-state index is -1.10. The van der Waals surface area contributed by atoms with E-state index in [1.807, 2.05) is 60.7 Å². The van der Waals surface area contributed by atoms with Crippen LogP contribution in [0.2, 0.25) is 0 Å². The molecule has 1 N–H and O–H groups in total. The average molecular weight is 471 g/mol. The Kier molecular flexibility index (Phi) is 6.80. The van der Waals surface area contributed by atoms with Crippen molar-refractivity contribution in [3.8, 4) is 0 Å². The number of piperidine rings is 1. The number of hydrogen-bond donors (Lipinski definition) is 1. The Labute approximate surface area is 199 Å². The quantitative estimate of drug-likeness (QED) is 0.529. The molecule has 8 nitrogen and oxygen atoms in total. The molecule has 2 fully saturated rings. The van der Waals surface area contributed by atoms with Crippen molar-refractivity contribution in [2.45, 2.75) is 57.8 Å². The summed E-state index contributed by atoms with van der Waals surface area (Å²) < 4.78 is 20.7. The van der Waals surface area contributed by atoms with Crippen molar-refractivity contribution in [1.82, 2.24) is 10.2 Å². The molecular formula is C25H31FN4O4. The molecule has 3 aliphatic rings. The number of nitrogens with zero attached hydrogens (tertiary/aromatic N) is 3. The van der Waals surface area contributed by atoms with Crippen molar-refractivity contribution in [2.24, 2.45) is 0 Å². The molecule has 0 spiro atoms. The van der Waals surface area contributed by atoms with Crippen LogP contribution in [0.5, 0.6) is 0 Å². The zero-order valence-electron chi connectivity index (χ0n) is 19.9. The van der Waals surface area contributed by atoms with Gasteiger partial charge in [-0.2, -0.15) is 0 Å². The summed E-state index contributed by atoms with van der Waals surface area (Å²) in [7, 11) is 0. The molecule has 0 bridgehead atoms. The van der Waals surface area contributed by atoms with Gasteiger partial charge in [0, 0.05) is 49.5 Å². The van der Waals surface area contributed by atoms with Crippen molar-refractivity contribution in [3.63, 3.8) is 0 Å². The molecule has 2 atom stereocenters. The van der Waals surface area contributed by atoms with Crippen molar-refractivity contribution in [3.05, 3.63) is 35.3 Å². The number of halogens is 1. The van der Waals surface area contributed by atoms with E-state index in [0.717, 1.165) is 23.4 Å². The first kappa shape index (κ1) is 24.0. The number of hydrogen-bond acceptors (Lipinski definition) is 8. The third-order valence-electron chi connectivity index (χ3n) is 6.44. The standard InChI is InChI=1S/C25H31FN4O4/c1-25(2,3)34-24(33)14-28-10-9-22(19(26)13-28)29-12-8-18-20(29)5-4-6-21(18)30-11-7-17(15-31)27-23(30)16-32/h4-6,19,22,27H,7-14H2,1-3H3/t19-,22+/m0/s1. The zero-order chi connectivity index (χ0) is 24.5. The molecule has 9 heteroatoms. The van der Waals surface area contributed by atoms with Gasteiger partial charge in [-0.1, -0.05) is 6.07 Å². The molecule has 1 aromatic carbocycles. The Hall–Kier alpha value is -3.12. The van der Waals surface area contributed by atoms with E-state index in [-0.39, 0.29) is 30.9 Å². The van der Waals surface area contributed by atoms with Crippen LogP contribution in [0.4, 0.5) is 15.8 Å². The number of carbonyl (C=O) groups is 1. The normalized spacial score (nSPS) is 23.2. The molecule has 4 rings (SSSR count). The highest BCUT2D eigenvalue weighted by Gasteiger charge is 2.38. The highest BCUT2D eigenvalue weighted by atomic mass is 19.1. The van der Waals surface area contributed by atoms with Gasteiger partial charge in [0.2, 0.25) is 0 Å². The molecule has 0 unspecified atom stereocenters. The first-order chi connectivity index (χ1) is 16.2. The number of fused-ring (bicyclic) bond motifs is 1. The van der Waals surface area contributed by atoms with E-state index in [0.29, 0.717) is 38.2 Å². The van der Waals surface area contributed by atoms with E-state index >= 15 is 4.39 Å². The van der Waals surface area contributed by atoms with Crippen LogP contribution in [0, 0.1) is 0 Å². The third-order valence-corrected chi connectivity index (χ3v) is 6.44. The van der Waals surface area contributed by atoms with Crippen LogP contribution < -0.4 is 15.1 Å². The molecule has 182 valence electrons. The van der Waals surface area contributed by atoms with E-state index in [9.17, 15) is 14.4 Å². The van der Waals surface area contributed by atoms with Crippen LogP contribution in [0.25, 0.3) is 0 Å². The second-order valence-electron chi connectivity index (χ2n) is 9.97. The summed E-state index contributed by atoms with van der Waals surface area (Å²) in [5.41, 5.74) is 2.66. The van der Waals surface area contributed by atoms with Gasteiger partial charge in [-0.05, 0) is 45.7 Å². The number of alkyl halides is 1. The average Bonchev–Trinajstić information content (AvgIpc) is 3.21. The predicted octanol–water partition coefficient (Wildman–Crippen LogP) is 1.99. The molecular weight excluding hydrogens is 439 g/mol. The number of ether oxygens (including phenoxy) is 1. The lowest BCUT2D eigenvalue weighted by Gasteiger charge is -2.40.